The minimum atomic E-state index is -0.899. The van der Waals surface area contributed by atoms with E-state index in [4.69, 9.17) is 0 Å². The van der Waals surface area contributed by atoms with Crippen LogP contribution in [0.4, 0.5) is 9.52 Å². The number of amides is 1. The zero-order valence-corrected chi connectivity index (χ0v) is 20.5. The minimum Gasteiger partial charge on any atom is -0.477 e. The standard InChI is InChI=1S/C26H24FN3O3S2/c27-17-9-7-16(8-10-17)12-19-14-28-26(34-19)29-23(31)15-30-11-3-4-18(30)13-21-20-5-1-2-6-22(20)35-24(21)25(32)33/h1-2,5-10,14,18H,3-4,11-13,15H2,(H,32,33)(H,28,29,31). The highest BCUT2D eigenvalue weighted by Crippen LogP contribution is 2.34. The molecule has 6 nitrogen and oxygen atoms in total. The molecule has 1 atom stereocenters. The number of carboxylic acids is 1. The van der Waals surface area contributed by atoms with Crippen molar-refractivity contribution in [2.24, 2.45) is 0 Å². The number of thiophene rings is 1. The van der Waals surface area contributed by atoms with Crippen molar-refractivity contribution in [3.05, 3.63) is 81.4 Å². The van der Waals surface area contributed by atoms with Gasteiger partial charge in [-0.2, -0.15) is 0 Å². The van der Waals surface area contributed by atoms with Crippen LogP contribution in [0, 0.1) is 5.82 Å². The fourth-order valence-electron chi connectivity index (χ4n) is 4.64. The average Bonchev–Trinajstić information content (AvgIpc) is 3.55. The number of aromatic carboxylic acids is 1. The first-order valence-electron chi connectivity index (χ1n) is 11.4. The van der Waals surface area contributed by atoms with E-state index < -0.39 is 5.97 Å². The normalized spacial score (nSPS) is 16.1. The van der Waals surface area contributed by atoms with Crippen LogP contribution in [0.5, 0.6) is 0 Å². The van der Waals surface area contributed by atoms with Crippen LogP contribution < -0.4 is 5.32 Å². The van der Waals surface area contributed by atoms with E-state index in [9.17, 15) is 19.1 Å². The second kappa shape index (κ2) is 10.2. The fourth-order valence-corrected chi connectivity index (χ4v) is 6.57. The molecule has 2 aromatic carbocycles. The number of aromatic nitrogens is 1. The molecule has 35 heavy (non-hydrogen) atoms. The highest BCUT2D eigenvalue weighted by molar-refractivity contribution is 7.21. The van der Waals surface area contributed by atoms with Crippen molar-refractivity contribution in [1.82, 2.24) is 9.88 Å². The van der Waals surface area contributed by atoms with Crippen molar-refractivity contribution in [3.63, 3.8) is 0 Å². The third-order valence-electron chi connectivity index (χ3n) is 6.27. The van der Waals surface area contributed by atoms with E-state index in [0.717, 1.165) is 45.5 Å². The summed E-state index contributed by atoms with van der Waals surface area (Å²) in [6.45, 7) is 1.04. The number of thiazole rings is 1. The van der Waals surface area contributed by atoms with E-state index in [1.807, 2.05) is 24.3 Å². The van der Waals surface area contributed by atoms with Crippen molar-refractivity contribution in [3.8, 4) is 0 Å². The van der Waals surface area contributed by atoms with Crippen LogP contribution in [-0.4, -0.2) is 46.0 Å². The number of hydrogen-bond acceptors (Lipinski definition) is 6. The lowest BCUT2D eigenvalue weighted by Crippen LogP contribution is -2.38. The fraction of sp³-hybridized carbons (Fsp3) is 0.269. The molecule has 1 aliphatic heterocycles. The number of rotatable bonds is 8. The lowest BCUT2D eigenvalue weighted by molar-refractivity contribution is -0.117. The van der Waals surface area contributed by atoms with Gasteiger partial charge in [-0.05, 0) is 60.5 Å². The summed E-state index contributed by atoms with van der Waals surface area (Å²) in [6, 6.07) is 14.3. The maximum absolute atomic E-state index is 13.1. The number of halogens is 1. The molecular weight excluding hydrogens is 485 g/mol. The largest absolute Gasteiger partial charge is 0.477 e. The maximum atomic E-state index is 13.1. The second-order valence-electron chi connectivity index (χ2n) is 8.66. The molecule has 0 aliphatic carbocycles. The lowest BCUT2D eigenvalue weighted by Gasteiger charge is -2.23. The number of benzene rings is 2. The Labute approximate surface area is 210 Å². The number of fused-ring (bicyclic) bond motifs is 1. The van der Waals surface area contributed by atoms with E-state index in [1.165, 1.54) is 34.8 Å². The smallest absolute Gasteiger partial charge is 0.346 e. The monoisotopic (exact) mass is 509 g/mol. The molecule has 1 saturated heterocycles. The maximum Gasteiger partial charge on any atom is 0.346 e. The Balaban J connectivity index is 1.22. The Morgan fingerprint density at radius 3 is 2.74 bits per heavy atom. The van der Waals surface area contributed by atoms with Crippen molar-refractivity contribution in [2.45, 2.75) is 31.7 Å². The Kier molecular flexibility index (Phi) is 6.90. The Morgan fingerprint density at radius 2 is 1.94 bits per heavy atom. The zero-order valence-electron chi connectivity index (χ0n) is 18.9. The van der Waals surface area contributed by atoms with Gasteiger partial charge in [-0.3, -0.25) is 9.69 Å². The van der Waals surface area contributed by atoms with Gasteiger partial charge in [0, 0.05) is 28.2 Å². The predicted molar refractivity (Wildman–Crippen MR) is 137 cm³/mol. The van der Waals surface area contributed by atoms with Gasteiger partial charge in [0.25, 0.3) is 0 Å². The van der Waals surface area contributed by atoms with Crippen molar-refractivity contribution >= 4 is 49.8 Å². The average molecular weight is 510 g/mol. The van der Waals surface area contributed by atoms with E-state index in [-0.39, 0.29) is 24.3 Å². The van der Waals surface area contributed by atoms with Crippen LogP contribution >= 0.6 is 22.7 Å². The summed E-state index contributed by atoms with van der Waals surface area (Å²) in [6.07, 6.45) is 4.87. The summed E-state index contributed by atoms with van der Waals surface area (Å²) in [5, 5.41) is 14.2. The summed E-state index contributed by atoms with van der Waals surface area (Å²) >= 11 is 2.72. The summed E-state index contributed by atoms with van der Waals surface area (Å²) in [4.78, 5) is 32.5. The van der Waals surface area contributed by atoms with Gasteiger partial charge in [0.2, 0.25) is 5.91 Å². The number of likely N-dealkylation sites (tertiary alicyclic amines) is 1. The minimum absolute atomic E-state index is 0.113. The first kappa shape index (κ1) is 23.6. The van der Waals surface area contributed by atoms with E-state index in [0.29, 0.717) is 22.9 Å². The summed E-state index contributed by atoms with van der Waals surface area (Å²) in [7, 11) is 0. The molecule has 1 fully saturated rings. The van der Waals surface area contributed by atoms with Gasteiger partial charge >= 0.3 is 5.97 Å². The van der Waals surface area contributed by atoms with Gasteiger partial charge < -0.3 is 10.4 Å². The molecule has 3 heterocycles. The van der Waals surface area contributed by atoms with Crippen molar-refractivity contribution < 1.29 is 19.1 Å². The Bertz CT molecular complexity index is 1370. The van der Waals surface area contributed by atoms with Crippen LogP contribution in [-0.2, 0) is 17.6 Å². The Hall–Kier alpha value is -3.14. The molecular formula is C26H24FN3O3S2. The van der Waals surface area contributed by atoms with Crippen LogP contribution in [0.15, 0.2) is 54.7 Å². The molecule has 0 bridgehead atoms. The lowest BCUT2D eigenvalue weighted by atomic mass is 10.0. The predicted octanol–water partition coefficient (Wildman–Crippen LogP) is 5.43. The molecule has 1 aliphatic rings. The molecule has 2 N–H and O–H groups in total. The molecule has 0 spiro atoms. The van der Waals surface area contributed by atoms with Crippen molar-refractivity contribution in [2.75, 3.05) is 18.4 Å². The quantitative estimate of drug-likeness (QED) is 0.331. The van der Waals surface area contributed by atoms with E-state index in [1.54, 1.807) is 18.3 Å². The van der Waals surface area contributed by atoms with Gasteiger partial charge in [0.15, 0.2) is 5.13 Å². The molecule has 0 saturated carbocycles. The number of carbonyl (C=O) groups excluding carboxylic acids is 1. The molecule has 1 amide bonds. The topological polar surface area (TPSA) is 82.5 Å². The van der Waals surface area contributed by atoms with Crippen molar-refractivity contribution in [1.29, 1.82) is 0 Å². The van der Waals surface area contributed by atoms with Crippen LogP contribution in [0.1, 0.15) is 38.5 Å². The number of nitrogens with one attached hydrogen (secondary N) is 1. The number of hydrogen-bond donors (Lipinski definition) is 2. The molecule has 5 rings (SSSR count). The summed E-state index contributed by atoms with van der Waals surface area (Å²) < 4.78 is 14.1. The first-order valence-corrected chi connectivity index (χ1v) is 13.1. The molecule has 1 unspecified atom stereocenters. The van der Waals surface area contributed by atoms with Gasteiger partial charge in [-0.25, -0.2) is 14.2 Å². The summed E-state index contributed by atoms with van der Waals surface area (Å²) in [5.74, 6) is -1.30. The number of anilines is 1. The molecule has 9 heteroatoms. The number of carboxylic acid groups (broad SMARTS) is 1. The first-order chi connectivity index (χ1) is 17.0. The van der Waals surface area contributed by atoms with Gasteiger partial charge in [-0.15, -0.1) is 22.7 Å². The molecule has 0 radical (unpaired) electrons. The summed E-state index contributed by atoms with van der Waals surface area (Å²) in [5.41, 5.74) is 1.84. The Morgan fingerprint density at radius 1 is 1.14 bits per heavy atom. The SMILES string of the molecule is O=C(CN1CCCC1Cc1c(C(=O)O)sc2ccccc12)Nc1ncc(Cc2ccc(F)cc2)s1. The van der Waals surface area contributed by atoms with Gasteiger partial charge in [0.1, 0.15) is 10.7 Å². The van der Waals surface area contributed by atoms with E-state index >= 15 is 0 Å². The number of carbonyl (C=O) groups is 2. The van der Waals surface area contributed by atoms with Crippen LogP contribution in [0.25, 0.3) is 10.1 Å². The highest BCUT2D eigenvalue weighted by Gasteiger charge is 2.29. The molecule has 2 aromatic heterocycles. The van der Waals surface area contributed by atoms with Crippen LogP contribution in [0.3, 0.4) is 0 Å². The zero-order chi connectivity index (χ0) is 24.4. The highest BCUT2D eigenvalue weighted by atomic mass is 32.1. The second-order valence-corrected chi connectivity index (χ2v) is 10.8. The van der Waals surface area contributed by atoms with Gasteiger partial charge in [0.05, 0.1) is 6.54 Å². The number of nitrogens with zero attached hydrogens (tertiary/aromatic N) is 2. The third kappa shape index (κ3) is 5.42. The molecule has 180 valence electrons. The van der Waals surface area contributed by atoms with E-state index in [2.05, 4.69) is 15.2 Å². The molecule has 4 aromatic rings. The van der Waals surface area contributed by atoms with Crippen LogP contribution in [0.2, 0.25) is 0 Å². The van der Waals surface area contributed by atoms with Gasteiger partial charge in [-0.1, -0.05) is 30.3 Å². The third-order valence-corrected chi connectivity index (χ3v) is 8.38.